The molecule has 0 saturated heterocycles. The molecule has 1 heterocycles. The monoisotopic (exact) mass is 310 g/mol. The molecule has 0 aromatic carbocycles. The fraction of sp³-hybridized carbons (Fsp3) is 0.500. The minimum Gasteiger partial charge on any atom is -0.481 e. The third-order valence-corrected chi connectivity index (χ3v) is 4.58. The van der Waals surface area contributed by atoms with E-state index < -0.39 is 17.8 Å². The number of carboxylic acid groups (broad SMARTS) is 1. The molecular weight excluding hydrogens is 292 g/mol. The van der Waals surface area contributed by atoms with Gasteiger partial charge in [0, 0.05) is 11.9 Å². The van der Waals surface area contributed by atoms with Gasteiger partial charge in [0.1, 0.15) is 0 Å². The summed E-state index contributed by atoms with van der Waals surface area (Å²) in [5, 5.41) is 13.6. The number of carbonyl (C=O) groups is 3. The van der Waals surface area contributed by atoms with Crippen molar-refractivity contribution in [2.24, 2.45) is 11.8 Å². The number of carboxylic acids is 1. The van der Waals surface area contributed by atoms with Crippen LogP contribution in [0.1, 0.15) is 17.7 Å². The van der Waals surface area contributed by atoms with Crippen LogP contribution in [0.15, 0.2) is 17.5 Å². The molecule has 0 radical (unpaired) electrons. The Morgan fingerprint density at radius 1 is 1.38 bits per heavy atom. The Morgan fingerprint density at radius 3 is 2.62 bits per heavy atom. The molecule has 0 bridgehead atoms. The molecule has 1 aromatic rings. The molecule has 114 valence electrons. The van der Waals surface area contributed by atoms with Gasteiger partial charge in [-0.15, -0.1) is 11.3 Å². The Kier molecular flexibility index (Phi) is 4.95. The van der Waals surface area contributed by atoms with Gasteiger partial charge in [-0.05, 0) is 24.3 Å². The van der Waals surface area contributed by atoms with Crippen LogP contribution >= 0.6 is 11.3 Å². The van der Waals surface area contributed by atoms with Gasteiger partial charge in [0.25, 0.3) is 0 Å². The van der Waals surface area contributed by atoms with E-state index in [2.05, 4.69) is 5.32 Å². The standard InChI is InChI=1S/C14H18N2O4S/c1-16(13(18)10-4-5-11(10)14(19)20)8-12(17)15-7-9-3-2-6-21-9/h2-3,6,10-11H,4-5,7-8H2,1H3,(H,15,17)(H,19,20). The zero-order valence-corrected chi connectivity index (χ0v) is 12.6. The second-order valence-corrected chi connectivity index (χ2v) is 6.21. The van der Waals surface area contributed by atoms with Crippen LogP contribution in [0.25, 0.3) is 0 Å². The highest BCUT2D eigenvalue weighted by molar-refractivity contribution is 7.09. The topological polar surface area (TPSA) is 86.7 Å². The van der Waals surface area contributed by atoms with E-state index in [1.165, 1.54) is 11.9 Å². The molecule has 2 amide bonds. The molecule has 1 saturated carbocycles. The van der Waals surface area contributed by atoms with Gasteiger partial charge in [-0.1, -0.05) is 6.07 Å². The highest BCUT2D eigenvalue weighted by atomic mass is 32.1. The third kappa shape index (κ3) is 3.81. The Morgan fingerprint density at radius 2 is 2.10 bits per heavy atom. The van der Waals surface area contributed by atoms with Crippen LogP contribution in [0.2, 0.25) is 0 Å². The number of aliphatic carboxylic acids is 1. The summed E-state index contributed by atoms with van der Waals surface area (Å²) < 4.78 is 0. The largest absolute Gasteiger partial charge is 0.481 e. The van der Waals surface area contributed by atoms with E-state index in [1.807, 2.05) is 17.5 Å². The number of nitrogens with one attached hydrogen (secondary N) is 1. The Bertz CT molecular complexity index is 529. The highest BCUT2D eigenvalue weighted by Gasteiger charge is 2.42. The summed E-state index contributed by atoms with van der Waals surface area (Å²) in [4.78, 5) is 37.2. The minimum absolute atomic E-state index is 0.0486. The average molecular weight is 310 g/mol. The van der Waals surface area contributed by atoms with Crippen LogP contribution in [0, 0.1) is 11.8 Å². The van der Waals surface area contributed by atoms with E-state index in [9.17, 15) is 14.4 Å². The van der Waals surface area contributed by atoms with Crippen LogP contribution in [0.3, 0.4) is 0 Å². The van der Waals surface area contributed by atoms with Crippen molar-refractivity contribution in [3.05, 3.63) is 22.4 Å². The van der Waals surface area contributed by atoms with Crippen LogP contribution in [0.5, 0.6) is 0 Å². The molecule has 0 spiro atoms. The van der Waals surface area contributed by atoms with Gasteiger partial charge in [0.05, 0.1) is 24.9 Å². The lowest BCUT2D eigenvalue weighted by Gasteiger charge is -2.34. The molecule has 1 aromatic heterocycles. The zero-order chi connectivity index (χ0) is 15.4. The number of carbonyl (C=O) groups excluding carboxylic acids is 2. The Labute approximate surface area is 126 Å². The van der Waals surface area contributed by atoms with Crippen LogP contribution < -0.4 is 5.32 Å². The predicted octanol–water partition coefficient (Wildman–Crippen LogP) is 0.933. The van der Waals surface area contributed by atoms with Gasteiger partial charge >= 0.3 is 5.97 Å². The molecule has 6 nitrogen and oxygen atoms in total. The fourth-order valence-corrected chi connectivity index (χ4v) is 2.97. The molecule has 2 N–H and O–H groups in total. The molecule has 2 atom stereocenters. The second kappa shape index (κ2) is 6.71. The van der Waals surface area contributed by atoms with E-state index in [4.69, 9.17) is 5.11 Å². The van der Waals surface area contributed by atoms with E-state index in [0.29, 0.717) is 19.4 Å². The SMILES string of the molecule is CN(CC(=O)NCc1cccs1)C(=O)C1CCC1C(=O)O. The minimum atomic E-state index is -0.935. The molecule has 2 rings (SSSR count). The van der Waals surface area contributed by atoms with E-state index in [0.717, 1.165) is 4.88 Å². The first-order valence-corrected chi connectivity index (χ1v) is 7.64. The lowest BCUT2D eigenvalue weighted by atomic mass is 9.73. The van der Waals surface area contributed by atoms with E-state index in [1.54, 1.807) is 11.3 Å². The summed E-state index contributed by atoms with van der Waals surface area (Å²) in [6.07, 6.45) is 1.11. The summed E-state index contributed by atoms with van der Waals surface area (Å²) in [6.45, 7) is 0.396. The summed E-state index contributed by atoms with van der Waals surface area (Å²) in [5.74, 6) is -2.53. The number of hydrogen-bond acceptors (Lipinski definition) is 4. The first-order chi connectivity index (χ1) is 9.99. The summed E-state index contributed by atoms with van der Waals surface area (Å²) in [6, 6.07) is 3.83. The maximum absolute atomic E-state index is 12.1. The van der Waals surface area contributed by atoms with Crippen LogP contribution in [-0.4, -0.2) is 41.4 Å². The van der Waals surface area contributed by atoms with Crippen molar-refractivity contribution in [1.82, 2.24) is 10.2 Å². The fourth-order valence-electron chi connectivity index (χ4n) is 2.32. The van der Waals surface area contributed by atoms with Crippen molar-refractivity contribution in [3.63, 3.8) is 0 Å². The molecular formula is C14H18N2O4S. The number of amides is 2. The molecule has 2 unspecified atom stereocenters. The first kappa shape index (κ1) is 15.5. The molecule has 0 aliphatic heterocycles. The molecule has 7 heteroatoms. The summed E-state index contributed by atoms with van der Waals surface area (Å²) in [7, 11) is 1.53. The van der Waals surface area contributed by atoms with E-state index in [-0.39, 0.29) is 18.4 Å². The summed E-state index contributed by atoms with van der Waals surface area (Å²) >= 11 is 1.55. The third-order valence-electron chi connectivity index (χ3n) is 3.71. The predicted molar refractivity (Wildman–Crippen MR) is 77.7 cm³/mol. The van der Waals surface area contributed by atoms with Crippen molar-refractivity contribution >= 4 is 29.1 Å². The van der Waals surface area contributed by atoms with Crippen molar-refractivity contribution in [1.29, 1.82) is 0 Å². The highest BCUT2D eigenvalue weighted by Crippen LogP contribution is 2.35. The maximum atomic E-state index is 12.1. The number of likely N-dealkylation sites (N-methyl/N-ethyl adjacent to an activating group) is 1. The van der Waals surface area contributed by atoms with Crippen molar-refractivity contribution in [2.45, 2.75) is 19.4 Å². The Hall–Kier alpha value is -1.89. The van der Waals surface area contributed by atoms with Gasteiger partial charge < -0.3 is 15.3 Å². The zero-order valence-electron chi connectivity index (χ0n) is 11.7. The number of hydrogen-bond donors (Lipinski definition) is 2. The van der Waals surface area contributed by atoms with Crippen molar-refractivity contribution < 1.29 is 19.5 Å². The summed E-state index contributed by atoms with van der Waals surface area (Å²) in [5.41, 5.74) is 0. The van der Waals surface area contributed by atoms with Crippen LogP contribution in [0.4, 0.5) is 0 Å². The van der Waals surface area contributed by atoms with Gasteiger partial charge in [-0.25, -0.2) is 0 Å². The molecule has 21 heavy (non-hydrogen) atoms. The number of nitrogens with zero attached hydrogens (tertiary/aromatic N) is 1. The molecule has 1 aliphatic rings. The number of rotatable bonds is 6. The van der Waals surface area contributed by atoms with Gasteiger partial charge in [-0.3, -0.25) is 14.4 Å². The normalized spacial score (nSPS) is 20.4. The lowest BCUT2D eigenvalue weighted by Crippen LogP contribution is -2.47. The van der Waals surface area contributed by atoms with Gasteiger partial charge in [0.2, 0.25) is 11.8 Å². The average Bonchev–Trinajstić information content (AvgIpc) is 2.87. The Balaban J connectivity index is 1.77. The van der Waals surface area contributed by atoms with Gasteiger partial charge in [0.15, 0.2) is 0 Å². The number of thiophene rings is 1. The maximum Gasteiger partial charge on any atom is 0.307 e. The smallest absolute Gasteiger partial charge is 0.307 e. The molecule has 1 fully saturated rings. The first-order valence-electron chi connectivity index (χ1n) is 6.76. The van der Waals surface area contributed by atoms with Crippen molar-refractivity contribution in [2.75, 3.05) is 13.6 Å². The van der Waals surface area contributed by atoms with E-state index >= 15 is 0 Å². The second-order valence-electron chi connectivity index (χ2n) is 5.18. The lowest BCUT2D eigenvalue weighted by molar-refractivity contribution is -0.156. The van der Waals surface area contributed by atoms with Crippen molar-refractivity contribution in [3.8, 4) is 0 Å². The van der Waals surface area contributed by atoms with Crippen LogP contribution in [-0.2, 0) is 20.9 Å². The quantitative estimate of drug-likeness (QED) is 0.818. The van der Waals surface area contributed by atoms with Gasteiger partial charge in [-0.2, -0.15) is 0 Å². The molecule has 1 aliphatic carbocycles.